The lowest BCUT2D eigenvalue weighted by Crippen LogP contribution is -2.33. The molecule has 158 valence electrons. The first-order valence-corrected chi connectivity index (χ1v) is 11.9. The second-order valence-corrected chi connectivity index (χ2v) is 9.90. The molecule has 0 amide bonds. The molecule has 2 aliphatic rings. The molecule has 2 heterocycles. The molecule has 0 spiro atoms. The van der Waals surface area contributed by atoms with Gasteiger partial charge in [-0.05, 0) is 58.8 Å². The Morgan fingerprint density at radius 3 is 2.44 bits per heavy atom. The number of rotatable bonds is 2. The van der Waals surface area contributed by atoms with Gasteiger partial charge >= 0.3 is 0 Å². The van der Waals surface area contributed by atoms with Gasteiger partial charge in [0.15, 0.2) is 0 Å². The summed E-state index contributed by atoms with van der Waals surface area (Å²) in [6, 6.07) is 26.3. The SMILES string of the molecule is Oc1ccc(Br)cc1[C@@H]1Oc2ccc(Br)cc2[C@@H]2CC(c3ccc4ccccc4c3)=NN21. The van der Waals surface area contributed by atoms with Gasteiger partial charge in [0.2, 0.25) is 6.23 Å². The molecule has 0 radical (unpaired) electrons. The van der Waals surface area contributed by atoms with Gasteiger partial charge < -0.3 is 9.84 Å². The highest BCUT2D eigenvalue weighted by Crippen LogP contribution is 2.49. The molecule has 2 aliphatic heterocycles. The van der Waals surface area contributed by atoms with Crippen LogP contribution in [-0.4, -0.2) is 15.8 Å². The van der Waals surface area contributed by atoms with Crippen molar-refractivity contribution >= 4 is 48.3 Å². The molecule has 0 aromatic heterocycles. The van der Waals surface area contributed by atoms with E-state index in [4.69, 9.17) is 9.84 Å². The zero-order chi connectivity index (χ0) is 21.8. The molecule has 0 fully saturated rings. The number of nitrogens with zero attached hydrogens (tertiary/aromatic N) is 2. The summed E-state index contributed by atoms with van der Waals surface area (Å²) in [7, 11) is 0. The number of hydrogen-bond donors (Lipinski definition) is 1. The Morgan fingerprint density at radius 2 is 1.59 bits per heavy atom. The van der Waals surface area contributed by atoms with E-state index >= 15 is 0 Å². The fourth-order valence-corrected chi connectivity index (χ4v) is 5.29. The topological polar surface area (TPSA) is 45.1 Å². The van der Waals surface area contributed by atoms with Gasteiger partial charge in [-0.15, -0.1) is 0 Å². The number of hydrazone groups is 1. The number of fused-ring (bicyclic) bond motifs is 4. The third-order valence-corrected chi connectivity index (χ3v) is 7.08. The van der Waals surface area contributed by atoms with Crippen molar-refractivity contribution in [3.05, 3.63) is 104 Å². The van der Waals surface area contributed by atoms with Crippen LogP contribution in [0.15, 0.2) is 92.9 Å². The summed E-state index contributed by atoms with van der Waals surface area (Å²) in [6.45, 7) is 0. The lowest BCUT2D eigenvalue weighted by Gasteiger charge is -2.38. The monoisotopic (exact) mass is 548 g/mol. The van der Waals surface area contributed by atoms with Gasteiger partial charge in [0, 0.05) is 20.9 Å². The number of benzene rings is 4. The Bertz CT molecular complexity index is 1400. The summed E-state index contributed by atoms with van der Waals surface area (Å²) < 4.78 is 8.28. The van der Waals surface area contributed by atoms with Crippen LogP contribution < -0.4 is 4.74 Å². The van der Waals surface area contributed by atoms with Crippen molar-refractivity contribution in [3.63, 3.8) is 0 Å². The molecule has 32 heavy (non-hydrogen) atoms. The number of aromatic hydroxyl groups is 1. The predicted octanol–water partition coefficient (Wildman–Crippen LogP) is 7.31. The predicted molar refractivity (Wildman–Crippen MR) is 133 cm³/mol. The summed E-state index contributed by atoms with van der Waals surface area (Å²) in [6.07, 6.45) is 0.236. The molecular formula is C26H18Br2N2O2. The van der Waals surface area contributed by atoms with Gasteiger partial charge in [-0.25, -0.2) is 5.01 Å². The van der Waals surface area contributed by atoms with Gasteiger partial charge in [0.25, 0.3) is 0 Å². The number of ether oxygens (including phenoxy) is 1. The van der Waals surface area contributed by atoms with Crippen LogP contribution in [0.25, 0.3) is 10.8 Å². The highest BCUT2D eigenvalue weighted by atomic mass is 79.9. The maximum Gasteiger partial charge on any atom is 0.217 e. The number of phenolic OH excluding ortho intramolecular Hbond substituents is 1. The van der Waals surface area contributed by atoms with E-state index in [0.717, 1.165) is 38.0 Å². The molecule has 0 bridgehead atoms. The van der Waals surface area contributed by atoms with Gasteiger partial charge in [0.05, 0.1) is 17.3 Å². The normalized spacial score (nSPS) is 19.3. The fraction of sp³-hybridized carbons (Fsp3) is 0.115. The molecule has 0 unspecified atom stereocenters. The summed E-state index contributed by atoms with van der Waals surface area (Å²) in [5.74, 6) is 1.00. The quantitative estimate of drug-likeness (QED) is 0.285. The van der Waals surface area contributed by atoms with E-state index in [1.54, 1.807) is 6.07 Å². The highest BCUT2D eigenvalue weighted by Gasteiger charge is 2.42. The van der Waals surface area contributed by atoms with E-state index in [1.165, 1.54) is 10.8 Å². The maximum atomic E-state index is 10.6. The number of halogens is 2. The van der Waals surface area contributed by atoms with Crippen LogP contribution in [0.3, 0.4) is 0 Å². The first-order valence-electron chi connectivity index (χ1n) is 10.4. The maximum absolute atomic E-state index is 10.6. The summed E-state index contributed by atoms with van der Waals surface area (Å²) >= 11 is 7.12. The van der Waals surface area contributed by atoms with E-state index < -0.39 is 6.23 Å². The molecule has 4 aromatic carbocycles. The standard InChI is InChI=1S/C26H18Br2N2O2/c27-18-7-9-24(31)21(13-18)26-30-23(20-12-19(28)8-10-25(20)32-26)14-22(29-30)17-6-5-15-3-1-2-4-16(15)11-17/h1-13,23,26,31H,14H2/t23-,26-/m0/s1. The largest absolute Gasteiger partial charge is 0.507 e. The third kappa shape index (κ3) is 3.29. The van der Waals surface area contributed by atoms with Gasteiger partial charge in [-0.3, -0.25) is 0 Å². The van der Waals surface area contributed by atoms with Crippen LogP contribution in [0.4, 0.5) is 0 Å². The number of phenols is 1. The minimum absolute atomic E-state index is 0.0149. The van der Waals surface area contributed by atoms with Crippen molar-refractivity contribution in [2.75, 3.05) is 0 Å². The minimum Gasteiger partial charge on any atom is -0.507 e. The third-order valence-electron chi connectivity index (χ3n) is 6.09. The summed E-state index contributed by atoms with van der Waals surface area (Å²) in [4.78, 5) is 0. The van der Waals surface area contributed by atoms with E-state index in [2.05, 4.69) is 80.4 Å². The molecule has 4 nitrogen and oxygen atoms in total. The van der Waals surface area contributed by atoms with E-state index in [9.17, 15) is 5.11 Å². The average molecular weight is 550 g/mol. The number of hydrogen-bond acceptors (Lipinski definition) is 4. The van der Waals surface area contributed by atoms with Crippen molar-refractivity contribution in [1.82, 2.24) is 5.01 Å². The first-order chi connectivity index (χ1) is 15.6. The van der Waals surface area contributed by atoms with Crippen LogP contribution in [-0.2, 0) is 0 Å². The zero-order valence-corrected chi connectivity index (χ0v) is 20.0. The molecule has 0 aliphatic carbocycles. The lowest BCUT2D eigenvalue weighted by atomic mass is 9.95. The Kier molecular flexibility index (Phi) is 4.73. The fourth-order valence-electron chi connectivity index (χ4n) is 4.53. The van der Waals surface area contributed by atoms with Gasteiger partial charge in [-0.1, -0.05) is 68.3 Å². The van der Waals surface area contributed by atoms with Crippen LogP contribution in [0.2, 0.25) is 0 Å². The second kappa shape index (κ2) is 7.64. The van der Waals surface area contributed by atoms with Crippen LogP contribution >= 0.6 is 31.9 Å². The van der Waals surface area contributed by atoms with E-state index in [-0.39, 0.29) is 11.8 Å². The van der Waals surface area contributed by atoms with Crippen molar-refractivity contribution in [3.8, 4) is 11.5 Å². The second-order valence-electron chi connectivity index (χ2n) is 8.06. The molecule has 4 aromatic rings. The van der Waals surface area contributed by atoms with Crippen LogP contribution in [0, 0.1) is 0 Å². The van der Waals surface area contributed by atoms with Gasteiger partial charge in [-0.2, -0.15) is 5.10 Å². The Balaban J connectivity index is 1.48. The summed E-state index contributed by atoms with van der Waals surface area (Å²) in [5, 5.41) is 20.0. The Hall–Kier alpha value is -2.83. The van der Waals surface area contributed by atoms with E-state index in [1.807, 2.05) is 29.3 Å². The molecule has 6 heteroatoms. The smallest absolute Gasteiger partial charge is 0.217 e. The Labute approximate surface area is 202 Å². The lowest BCUT2D eigenvalue weighted by molar-refractivity contribution is -0.0204. The van der Waals surface area contributed by atoms with Crippen LogP contribution in [0.5, 0.6) is 11.5 Å². The van der Waals surface area contributed by atoms with Crippen molar-refractivity contribution < 1.29 is 9.84 Å². The van der Waals surface area contributed by atoms with Crippen molar-refractivity contribution in [2.45, 2.75) is 18.7 Å². The zero-order valence-electron chi connectivity index (χ0n) is 16.9. The minimum atomic E-state index is -0.524. The molecule has 2 atom stereocenters. The molecule has 6 rings (SSSR count). The molecule has 0 saturated heterocycles. The van der Waals surface area contributed by atoms with Crippen molar-refractivity contribution in [2.24, 2.45) is 5.10 Å². The van der Waals surface area contributed by atoms with E-state index in [0.29, 0.717) is 5.56 Å². The van der Waals surface area contributed by atoms with Crippen LogP contribution in [0.1, 0.15) is 35.4 Å². The highest BCUT2D eigenvalue weighted by molar-refractivity contribution is 9.10. The summed E-state index contributed by atoms with van der Waals surface area (Å²) in [5.41, 5.74) is 3.88. The molecular weight excluding hydrogens is 532 g/mol. The molecule has 1 N–H and O–H groups in total. The molecule has 0 saturated carbocycles. The van der Waals surface area contributed by atoms with Crippen molar-refractivity contribution in [1.29, 1.82) is 0 Å². The average Bonchev–Trinajstić information content (AvgIpc) is 3.26. The first kappa shape index (κ1) is 19.8. The Morgan fingerprint density at radius 1 is 0.844 bits per heavy atom. The van der Waals surface area contributed by atoms with Gasteiger partial charge in [0.1, 0.15) is 11.5 Å².